The third kappa shape index (κ3) is 3.59. The smallest absolute Gasteiger partial charge is 0.173 e. The molecule has 0 radical (unpaired) electrons. The molecule has 0 atom stereocenters. The lowest BCUT2D eigenvalue weighted by Crippen LogP contribution is -2.40. The first kappa shape index (κ1) is 13.6. The number of halogens is 1. The molecule has 1 saturated carbocycles. The van der Waals surface area contributed by atoms with Gasteiger partial charge in [-0.3, -0.25) is 0 Å². The molecular formula is C14H19ClN2S. The Morgan fingerprint density at radius 2 is 1.83 bits per heavy atom. The van der Waals surface area contributed by atoms with Gasteiger partial charge in [-0.15, -0.1) is 0 Å². The van der Waals surface area contributed by atoms with Crippen LogP contribution in [0.15, 0.2) is 24.3 Å². The topological polar surface area (TPSA) is 15.3 Å². The molecule has 0 spiro atoms. The second-order valence-electron chi connectivity index (χ2n) is 4.84. The van der Waals surface area contributed by atoms with Crippen LogP contribution in [0.3, 0.4) is 0 Å². The number of rotatable bonds is 2. The molecule has 0 saturated heterocycles. The standard InChI is InChI=1S/C14H19ClN2S/c1-17(13-5-3-2-4-6-13)14(18)16-12-9-7-11(15)8-10-12/h7-10,13H,2-6H2,1H3,(H,16,18). The number of hydrogen-bond donors (Lipinski definition) is 1. The van der Waals surface area contributed by atoms with Crippen molar-refractivity contribution < 1.29 is 0 Å². The summed E-state index contributed by atoms with van der Waals surface area (Å²) in [6.07, 6.45) is 6.50. The van der Waals surface area contributed by atoms with Crippen molar-refractivity contribution >= 4 is 34.6 Å². The van der Waals surface area contributed by atoms with Crippen LogP contribution in [0, 0.1) is 0 Å². The van der Waals surface area contributed by atoms with Crippen LogP contribution in [0.4, 0.5) is 5.69 Å². The van der Waals surface area contributed by atoms with Crippen LogP contribution in [0.5, 0.6) is 0 Å². The minimum Gasteiger partial charge on any atom is -0.349 e. The summed E-state index contributed by atoms with van der Waals surface area (Å²) in [5.41, 5.74) is 0.993. The lowest BCUT2D eigenvalue weighted by atomic mass is 9.95. The van der Waals surface area contributed by atoms with Crippen molar-refractivity contribution in [1.29, 1.82) is 0 Å². The minimum absolute atomic E-state index is 0.589. The van der Waals surface area contributed by atoms with Gasteiger partial charge in [-0.25, -0.2) is 0 Å². The Morgan fingerprint density at radius 1 is 1.22 bits per heavy atom. The Hall–Kier alpha value is -0.800. The normalized spacial score (nSPS) is 16.3. The van der Waals surface area contributed by atoms with E-state index in [1.165, 1.54) is 32.1 Å². The minimum atomic E-state index is 0.589. The summed E-state index contributed by atoms with van der Waals surface area (Å²) in [5.74, 6) is 0. The van der Waals surface area contributed by atoms with Gasteiger partial charge in [0.05, 0.1) is 0 Å². The maximum Gasteiger partial charge on any atom is 0.173 e. The van der Waals surface area contributed by atoms with E-state index in [0.29, 0.717) is 6.04 Å². The number of nitrogens with one attached hydrogen (secondary N) is 1. The van der Waals surface area contributed by atoms with E-state index in [9.17, 15) is 0 Å². The van der Waals surface area contributed by atoms with Gasteiger partial charge in [-0.05, 0) is 49.3 Å². The third-order valence-corrected chi connectivity index (χ3v) is 4.18. The summed E-state index contributed by atoms with van der Waals surface area (Å²) in [5, 5.41) is 4.80. The van der Waals surface area contributed by atoms with E-state index in [-0.39, 0.29) is 0 Å². The van der Waals surface area contributed by atoms with Crippen LogP contribution in [-0.2, 0) is 0 Å². The second-order valence-corrected chi connectivity index (χ2v) is 5.66. The summed E-state index contributed by atoms with van der Waals surface area (Å²) < 4.78 is 0. The molecule has 1 aromatic rings. The van der Waals surface area contributed by atoms with Gasteiger partial charge < -0.3 is 10.2 Å². The van der Waals surface area contributed by atoms with Crippen molar-refractivity contribution in [2.45, 2.75) is 38.1 Å². The summed E-state index contributed by atoms with van der Waals surface area (Å²) in [4.78, 5) is 2.20. The summed E-state index contributed by atoms with van der Waals surface area (Å²) >= 11 is 11.3. The number of nitrogens with zero attached hydrogens (tertiary/aromatic N) is 1. The summed E-state index contributed by atoms with van der Waals surface area (Å²) in [6.45, 7) is 0. The molecule has 0 amide bonds. The molecule has 1 aromatic carbocycles. The van der Waals surface area contributed by atoms with Gasteiger partial charge in [0.1, 0.15) is 0 Å². The van der Waals surface area contributed by atoms with Crippen molar-refractivity contribution in [3.05, 3.63) is 29.3 Å². The fourth-order valence-electron chi connectivity index (χ4n) is 2.38. The Bertz CT molecular complexity index is 399. The Labute approximate surface area is 119 Å². The first-order valence-corrected chi connectivity index (χ1v) is 7.25. The van der Waals surface area contributed by atoms with E-state index < -0.39 is 0 Å². The van der Waals surface area contributed by atoms with Crippen LogP contribution < -0.4 is 5.32 Å². The van der Waals surface area contributed by atoms with E-state index in [2.05, 4.69) is 17.3 Å². The molecule has 2 rings (SSSR count). The maximum atomic E-state index is 5.86. The highest BCUT2D eigenvalue weighted by Gasteiger charge is 2.19. The molecule has 0 aliphatic heterocycles. The van der Waals surface area contributed by atoms with Gasteiger partial charge >= 0.3 is 0 Å². The quantitative estimate of drug-likeness (QED) is 0.814. The average Bonchev–Trinajstić information content (AvgIpc) is 2.41. The van der Waals surface area contributed by atoms with Crippen molar-refractivity contribution in [1.82, 2.24) is 4.90 Å². The zero-order valence-corrected chi connectivity index (χ0v) is 12.2. The van der Waals surface area contributed by atoms with E-state index in [4.69, 9.17) is 23.8 Å². The van der Waals surface area contributed by atoms with Crippen molar-refractivity contribution in [3.63, 3.8) is 0 Å². The highest BCUT2D eigenvalue weighted by atomic mass is 35.5. The van der Waals surface area contributed by atoms with Crippen LogP contribution in [0.2, 0.25) is 5.02 Å². The summed E-state index contributed by atoms with van der Waals surface area (Å²) in [7, 11) is 2.08. The van der Waals surface area contributed by atoms with E-state index >= 15 is 0 Å². The molecule has 1 N–H and O–H groups in total. The van der Waals surface area contributed by atoms with Gasteiger partial charge in [-0.2, -0.15) is 0 Å². The molecule has 4 heteroatoms. The third-order valence-electron chi connectivity index (χ3n) is 3.54. The Balaban J connectivity index is 1.92. The number of thiocarbonyl (C=S) groups is 1. The predicted molar refractivity (Wildman–Crippen MR) is 82.3 cm³/mol. The van der Waals surface area contributed by atoms with Gasteiger partial charge in [0.2, 0.25) is 0 Å². The molecule has 1 aliphatic rings. The number of benzene rings is 1. The highest BCUT2D eigenvalue weighted by Crippen LogP contribution is 2.22. The fraction of sp³-hybridized carbons (Fsp3) is 0.500. The van der Waals surface area contributed by atoms with Crippen molar-refractivity contribution in [2.75, 3.05) is 12.4 Å². The van der Waals surface area contributed by atoms with Gasteiger partial charge in [0.25, 0.3) is 0 Å². The Morgan fingerprint density at radius 3 is 2.44 bits per heavy atom. The molecule has 0 unspecified atom stereocenters. The molecule has 0 aromatic heterocycles. The molecule has 1 aliphatic carbocycles. The second kappa shape index (κ2) is 6.39. The fourth-order valence-corrected chi connectivity index (χ4v) is 2.77. The molecule has 98 valence electrons. The monoisotopic (exact) mass is 282 g/mol. The lowest BCUT2D eigenvalue weighted by molar-refractivity contribution is 0.281. The van der Waals surface area contributed by atoms with Crippen LogP contribution in [0.25, 0.3) is 0 Å². The van der Waals surface area contributed by atoms with E-state index in [0.717, 1.165) is 15.8 Å². The number of hydrogen-bond acceptors (Lipinski definition) is 1. The molecular weight excluding hydrogens is 264 g/mol. The van der Waals surface area contributed by atoms with Crippen LogP contribution >= 0.6 is 23.8 Å². The molecule has 2 nitrogen and oxygen atoms in total. The zero-order valence-electron chi connectivity index (χ0n) is 10.7. The molecule has 18 heavy (non-hydrogen) atoms. The van der Waals surface area contributed by atoms with E-state index in [1.807, 2.05) is 24.3 Å². The first-order valence-electron chi connectivity index (χ1n) is 6.46. The maximum absolute atomic E-state index is 5.86. The number of anilines is 1. The SMILES string of the molecule is CN(C(=S)Nc1ccc(Cl)cc1)C1CCCCC1. The average molecular weight is 283 g/mol. The predicted octanol–water partition coefficient (Wildman–Crippen LogP) is 4.30. The molecule has 0 bridgehead atoms. The Kier molecular flexibility index (Phi) is 4.84. The van der Waals surface area contributed by atoms with Gasteiger partial charge in [-0.1, -0.05) is 30.9 Å². The van der Waals surface area contributed by atoms with Crippen molar-refractivity contribution in [2.24, 2.45) is 0 Å². The van der Waals surface area contributed by atoms with E-state index in [1.54, 1.807) is 0 Å². The van der Waals surface area contributed by atoms with Crippen molar-refractivity contribution in [3.8, 4) is 0 Å². The lowest BCUT2D eigenvalue weighted by Gasteiger charge is -2.33. The highest BCUT2D eigenvalue weighted by molar-refractivity contribution is 7.80. The zero-order chi connectivity index (χ0) is 13.0. The molecule has 0 heterocycles. The summed E-state index contributed by atoms with van der Waals surface area (Å²) in [6, 6.07) is 8.22. The first-order chi connectivity index (χ1) is 8.66. The van der Waals surface area contributed by atoms with Crippen LogP contribution in [0.1, 0.15) is 32.1 Å². The van der Waals surface area contributed by atoms with Crippen LogP contribution in [-0.4, -0.2) is 23.1 Å². The van der Waals surface area contributed by atoms with Gasteiger partial charge in [0.15, 0.2) is 5.11 Å². The largest absolute Gasteiger partial charge is 0.349 e. The molecule has 1 fully saturated rings. The van der Waals surface area contributed by atoms with Gasteiger partial charge in [0, 0.05) is 23.8 Å².